The third kappa shape index (κ3) is 5.83. The fourth-order valence-corrected chi connectivity index (χ4v) is 2.86. The molecule has 0 unspecified atom stereocenters. The second kappa shape index (κ2) is 9.75. The number of amides is 2. The summed E-state index contributed by atoms with van der Waals surface area (Å²) in [6.07, 6.45) is 0. The number of benzene rings is 3. The predicted octanol–water partition coefficient (Wildman–Crippen LogP) is 4.52. The van der Waals surface area contributed by atoms with E-state index in [0.717, 1.165) is 11.3 Å². The van der Waals surface area contributed by atoms with Gasteiger partial charge in [-0.05, 0) is 48.0 Å². The highest BCUT2D eigenvalue weighted by Gasteiger charge is 2.13. The largest absolute Gasteiger partial charge is 0.457 e. The third-order valence-electron chi connectivity index (χ3n) is 4.29. The molecule has 0 heterocycles. The van der Waals surface area contributed by atoms with Crippen LogP contribution < -0.4 is 10.1 Å². The fraction of sp³-hybridized carbons (Fsp3) is 0.130. The van der Waals surface area contributed by atoms with Crippen LogP contribution in [0.15, 0.2) is 78.9 Å². The summed E-state index contributed by atoms with van der Waals surface area (Å²) in [4.78, 5) is 26.1. The van der Waals surface area contributed by atoms with Crippen LogP contribution in [0.1, 0.15) is 15.9 Å². The van der Waals surface area contributed by atoms with Crippen LogP contribution in [0.5, 0.6) is 11.5 Å². The Balaban J connectivity index is 1.50. The smallest absolute Gasteiger partial charge is 0.251 e. The third-order valence-corrected chi connectivity index (χ3v) is 4.66. The molecular formula is C23H21ClN2O3. The van der Waals surface area contributed by atoms with Gasteiger partial charge in [0.15, 0.2) is 0 Å². The van der Waals surface area contributed by atoms with Crippen LogP contribution in [-0.2, 0) is 11.3 Å². The van der Waals surface area contributed by atoms with E-state index in [2.05, 4.69) is 5.32 Å². The average Bonchev–Trinajstić information content (AvgIpc) is 2.74. The highest BCUT2D eigenvalue weighted by molar-refractivity contribution is 6.31. The first-order valence-electron chi connectivity index (χ1n) is 9.11. The lowest BCUT2D eigenvalue weighted by atomic mass is 10.2. The molecule has 2 amide bonds. The minimum atomic E-state index is -0.323. The normalized spacial score (nSPS) is 10.3. The van der Waals surface area contributed by atoms with E-state index in [9.17, 15) is 9.59 Å². The number of hydrogen-bond acceptors (Lipinski definition) is 3. The Hall–Kier alpha value is -3.31. The molecule has 0 saturated heterocycles. The van der Waals surface area contributed by atoms with E-state index in [-0.39, 0.29) is 18.4 Å². The second-order valence-electron chi connectivity index (χ2n) is 6.46. The maximum absolute atomic E-state index is 12.3. The monoisotopic (exact) mass is 408 g/mol. The lowest BCUT2D eigenvalue weighted by molar-refractivity contribution is -0.129. The van der Waals surface area contributed by atoms with E-state index >= 15 is 0 Å². The highest BCUT2D eigenvalue weighted by Crippen LogP contribution is 2.21. The van der Waals surface area contributed by atoms with Gasteiger partial charge in [-0.25, -0.2) is 0 Å². The molecule has 29 heavy (non-hydrogen) atoms. The van der Waals surface area contributed by atoms with Gasteiger partial charge < -0.3 is 15.0 Å². The van der Waals surface area contributed by atoms with Crippen LogP contribution in [0.25, 0.3) is 0 Å². The number of ether oxygens (including phenoxy) is 1. The summed E-state index contributed by atoms with van der Waals surface area (Å²) < 4.78 is 5.71. The topological polar surface area (TPSA) is 58.6 Å². The summed E-state index contributed by atoms with van der Waals surface area (Å²) >= 11 is 6.13. The van der Waals surface area contributed by atoms with Crippen molar-refractivity contribution in [3.63, 3.8) is 0 Å². The molecule has 0 saturated carbocycles. The van der Waals surface area contributed by atoms with Crippen LogP contribution in [0.4, 0.5) is 0 Å². The number of rotatable bonds is 7. The van der Waals surface area contributed by atoms with E-state index in [4.69, 9.17) is 16.3 Å². The summed E-state index contributed by atoms with van der Waals surface area (Å²) in [6, 6.07) is 23.5. The molecule has 0 aliphatic rings. The first-order valence-corrected chi connectivity index (χ1v) is 9.49. The van der Waals surface area contributed by atoms with Gasteiger partial charge in [0.05, 0.1) is 6.54 Å². The quantitative estimate of drug-likeness (QED) is 0.625. The zero-order valence-corrected chi connectivity index (χ0v) is 16.7. The molecule has 1 N–H and O–H groups in total. The Bertz CT molecular complexity index is 975. The molecule has 0 fully saturated rings. The van der Waals surface area contributed by atoms with Crippen molar-refractivity contribution in [2.24, 2.45) is 0 Å². The molecule has 3 aromatic rings. The molecular weight excluding hydrogens is 388 g/mol. The van der Waals surface area contributed by atoms with Crippen molar-refractivity contribution in [1.82, 2.24) is 10.2 Å². The molecule has 0 radical (unpaired) electrons. The second-order valence-corrected chi connectivity index (χ2v) is 6.87. The standard InChI is InChI=1S/C23H21ClN2O3/c1-26(16-18-7-5-6-10-21(18)24)22(27)15-25-23(28)17-11-13-20(14-12-17)29-19-8-3-2-4-9-19/h2-14H,15-16H2,1H3,(H,25,28). The first kappa shape index (κ1) is 20.4. The number of halogens is 1. The summed E-state index contributed by atoms with van der Waals surface area (Å²) in [6.45, 7) is 0.280. The maximum atomic E-state index is 12.3. The van der Waals surface area contributed by atoms with Crippen molar-refractivity contribution < 1.29 is 14.3 Å². The van der Waals surface area contributed by atoms with Crippen molar-refractivity contribution in [2.45, 2.75) is 6.54 Å². The van der Waals surface area contributed by atoms with Gasteiger partial charge in [-0.2, -0.15) is 0 Å². The van der Waals surface area contributed by atoms with Gasteiger partial charge in [-0.15, -0.1) is 0 Å². The van der Waals surface area contributed by atoms with Gasteiger partial charge in [0.2, 0.25) is 5.91 Å². The van der Waals surface area contributed by atoms with Crippen molar-refractivity contribution in [3.05, 3.63) is 95.0 Å². The van der Waals surface area contributed by atoms with E-state index < -0.39 is 0 Å². The fourth-order valence-electron chi connectivity index (χ4n) is 2.66. The zero-order chi connectivity index (χ0) is 20.6. The van der Waals surface area contributed by atoms with Crippen molar-refractivity contribution >= 4 is 23.4 Å². The number of nitrogens with one attached hydrogen (secondary N) is 1. The number of para-hydroxylation sites is 1. The molecule has 0 aliphatic carbocycles. The SMILES string of the molecule is CN(Cc1ccccc1Cl)C(=O)CNC(=O)c1ccc(Oc2ccccc2)cc1. The molecule has 5 nitrogen and oxygen atoms in total. The van der Waals surface area contributed by atoms with Gasteiger partial charge in [-0.3, -0.25) is 9.59 Å². The van der Waals surface area contributed by atoms with Crippen molar-refractivity contribution in [1.29, 1.82) is 0 Å². The first-order chi connectivity index (χ1) is 14.0. The maximum Gasteiger partial charge on any atom is 0.251 e. The van der Waals surface area contributed by atoms with Crippen molar-refractivity contribution in [2.75, 3.05) is 13.6 Å². The molecule has 0 aromatic heterocycles. The number of hydrogen-bond donors (Lipinski definition) is 1. The Morgan fingerprint density at radius 2 is 1.52 bits per heavy atom. The Kier molecular flexibility index (Phi) is 6.87. The number of likely N-dealkylation sites (N-methyl/N-ethyl adjacent to an activating group) is 1. The van der Waals surface area contributed by atoms with Gasteiger partial charge in [0.1, 0.15) is 11.5 Å². The zero-order valence-electron chi connectivity index (χ0n) is 16.0. The minimum absolute atomic E-state index is 0.0952. The van der Waals surface area contributed by atoms with Gasteiger partial charge >= 0.3 is 0 Å². The van der Waals surface area contributed by atoms with E-state index in [1.54, 1.807) is 37.4 Å². The molecule has 3 rings (SSSR count). The molecule has 0 aliphatic heterocycles. The number of nitrogens with zero attached hydrogens (tertiary/aromatic N) is 1. The summed E-state index contributed by atoms with van der Waals surface area (Å²) in [7, 11) is 1.67. The molecule has 0 spiro atoms. The number of carbonyl (C=O) groups excluding carboxylic acids is 2. The van der Waals surface area contributed by atoms with Crippen LogP contribution in [-0.4, -0.2) is 30.3 Å². The molecule has 0 atom stereocenters. The Morgan fingerprint density at radius 3 is 2.21 bits per heavy atom. The lowest BCUT2D eigenvalue weighted by Crippen LogP contribution is -2.37. The predicted molar refractivity (Wildman–Crippen MR) is 113 cm³/mol. The summed E-state index contributed by atoms with van der Waals surface area (Å²) in [5.74, 6) is 0.818. The highest BCUT2D eigenvalue weighted by atomic mass is 35.5. The molecule has 6 heteroatoms. The van der Waals surface area contributed by atoms with E-state index in [0.29, 0.717) is 22.9 Å². The van der Waals surface area contributed by atoms with Gasteiger partial charge in [0.25, 0.3) is 5.91 Å². The molecule has 148 valence electrons. The molecule has 0 bridgehead atoms. The van der Waals surface area contributed by atoms with E-state index in [1.807, 2.05) is 48.5 Å². The van der Waals surface area contributed by atoms with Crippen LogP contribution >= 0.6 is 11.6 Å². The van der Waals surface area contributed by atoms with E-state index in [1.165, 1.54) is 4.90 Å². The van der Waals surface area contributed by atoms with Crippen LogP contribution in [0.3, 0.4) is 0 Å². The van der Waals surface area contributed by atoms with Gasteiger partial charge in [-0.1, -0.05) is 48.0 Å². The Morgan fingerprint density at radius 1 is 0.897 bits per heavy atom. The van der Waals surface area contributed by atoms with Crippen LogP contribution in [0, 0.1) is 0 Å². The Labute approximate surface area is 174 Å². The van der Waals surface area contributed by atoms with Crippen LogP contribution in [0.2, 0.25) is 5.02 Å². The lowest BCUT2D eigenvalue weighted by Gasteiger charge is -2.18. The molecule has 3 aromatic carbocycles. The minimum Gasteiger partial charge on any atom is -0.457 e. The number of carbonyl (C=O) groups is 2. The van der Waals surface area contributed by atoms with Crippen molar-refractivity contribution in [3.8, 4) is 11.5 Å². The summed E-state index contributed by atoms with van der Waals surface area (Å²) in [5, 5.41) is 3.25. The summed E-state index contributed by atoms with van der Waals surface area (Å²) in [5.41, 5.74) is 1.30. The van der Waals surface area contributed by atoms with Gasteiger partial charge in [0, 0.05) is 24.2 Å². The average molecular weight is 409 g/mol.